The maximum Gasteiger partial charge on any atom is 0.410 e. The lowest BCUT2D eigenvalue weighted by Gasteiger charge is -2.40. The Hall–Kier alpha value is -2.80. The summed E-state index contributed by atoms with van der Waals surface area (Å²) >= 11 is 6.00. The Morgan fingerprint density at radius 3 is 2.54 bits per heavy atom. The van der Waals surface area contributed by atoms with Crippen LogP contribution in [0.25, 0.3) is 0 Å². The molecule has 8 heteroatoms. The molecule has 0 radical (unpaired) electrons. The Morgan fingerprint density at radius 1 is 1.14 bits per heavy atom. The monoisotopic (exact) mass is 496 g/mol. The molecule has 35 heavy (non-hydrogen) atoms. The summed E-state index contributed by atoms with van der Waals surface area (Å²) in [5.41, 5.74) is 5.28. The van der Waals surface area contributed by atoms with Crippen LogP contribution < -0.4 is 10.2 Å². The Labute approximate surface area is 211 Å². The minimum absolute atomic E-state index is 0.108. The number of amides is 3. The Morgan fingerprint density at radius 2 is 1.86 bits per heavy atom. The number of aromatic nitrogens is 1. The molecule has 1 aromatic heterocycles. The molecule has 1 spiro atoms. The van der Waals surface area contributed by atoms with Gasteiger partial charge in [-0.05, 0) is 93.3 Å². The lowest BCUT2D eigenvalue weighted by atomic mass is 9.74. The minimum atomic E-state index is -0.513. The highest BCUT2D eigenvalue weighted by atomic mass is 35.5. The van der Waals surface area contributed by atoms with Gasteiger partial charge in [0.15, 0.2) is 0 Å². The summed E-state index contributed by atoms with van der Waals surface area (Å²) in [6.45, 7) is 7.92. The molecule has 3 amide bonds. The van der Waals surface area contributed by atoms with Crippen LogP contribution in [0.5, 0.6) is 0 Å². The third kappa shape index (κ3) is 4.83. The number of halogens is 1. The van der Waals surface area contributed by atoms with Crippen LogP contribution in [0.15, 0.2) is 30.5 Å². The van der Waals surface area contributed by atoms with E-state index in [-0.39, 0.29) is 17.5 Å². The van der Waals surface area contributed by atoms with Crippen LogP contribution in [0, 0.1) is 0 Å². The van der Waals surface area contributed by atoms with Gasteiger partial charge in [-0.15, -0.1) is 0 Å². The van der Waals surface area contributed by atoms with E-state index in [1.54, 1.807) is 17.2 Å². The van der Waals surface area contributed by atoms with E-state index in [2.05, 4.69) is 22.4 Å². The third-order valence-corrected chi connectivity index (χ3v) is 7.59. The number of piperidine rings is 1. The van der Waals surface area contributed by atoms with Gasteiger partial charge in [-0.1, -0.05) is 17.7 Å². The quantitative estimate of drug-likeness (QED) is 0.578. The summed E-state index contributed by atoms with van der Waals surface area (Å²) in [4.78, 5) is 33.8. The molecule has 2 aliphatic heterocycles. The number of nitrogens with one attached hydrogen (secondary N) is 1. The van der Waals surface area contributed by atoms with Crippen molar-refractivity contribution in [3.63, 3.8) is 0 Å². The maximum atomic E-state index is 13.4. The van der Waals surface area contributed by atoms with E-state index >= 15 is 0 Å². The molecule has 1 fully saturated rings. The van der Waals surface area contributed by atoms with E-state index in [1.807, 2.05) is 31.7 Å². The van der Waals surface area contributed by atoms with Crippen molar-refractivity contribution >= 4 is 29.4 Å². The number of nitrogens with zero attached hydrogens (tertiary/aromatic N) is 3. The van der Waals surface area contributed by atoms with Gasteiger partial charge >= 0.3 is 12.1 Å². The zero-order chi connectivity index (χ0) is 24.8. The van der Waals surface area contributed by atoms with Gasteiger partial charge in [0.25, 0.3) is 0 Å². The third-order valence-electron chi connectivity index (χ3n) is 7.39. The predicted octanol–water partition coefficient (Wildman–Crippen LogP) is 5.22. The summed E-state index contributed by atoms with van der Waals surface area (Å²) in [5.74, 6) is 0. The fourth-order valence-electron chi connectivity index (χ4n) is 5.61. The molecule has 3 aliphatic rings. The first kappa shape index (κ1) is 23.9. The van der Waals surface area contributed by atoms with Crippen LogP contribution in [0.2, 0.25) is 5.15 Å². The average molecular weight is 497 g/mol. The van der Waals surface area contributed by atoms with E-state index in [4.69, 9.17) is 16.3 Å². The molecular formula is C27H33ClN4O3. The number of hydrogen-bond acceptors (Lipinski definition) is 4. The van der Waals surface area contributed by atoms with Crippen LogP contribution in [-0.4, -0.2) is 47.2 Å². The van der Waals surface area contributed by atoms with Crippen molar-refractivity contribution in [1.82, 2.24) is 15.2 Å². The number of anilines is 1. The van der Waals surface area contributed by atoms with Gasteiger partial charge in [-0.2, -0.15) is 0 Å². The number of hydrogen-bond donors (Lipinski definition) is 1. The van der Waals surface area contributed by atoms with E-state index in [1.165, 1.54) is 16.7 Å². The number of ether oxygens (including phenoxy) is 1. The molecular weight excluding hydrogens is 464 g/mol. The Kier molecular flexibility index (Phi) is 6.16. The topological polar surface area (TPSA) is 74.8 Å². The number of benzene rings is 1. The van der Waals surface area contributed by atoms with Crippen LogP contribution in [0.3, 0.4) is 0 Å². The summed E-state index contributed by atoms with van der Waals surface area (Å²) in [7, 11) is 0. The molecule has 186 valence electrons. The van der Waals surface area contributed by atoms with E-state index in [0.717, 1.165) is 43.4 Å². The van der Waals surface area contributed by atoms with Gasteiger partial charge in [-0.25, -0.2) is 14.6 Å². The van der Waals surface area contributed by atoms with Crippen molar-refractivity contribution in [2.24, 2.45) is 0 Å². The van der Waals surface area contributed by atoms with Gasteiger partial charge in [0, 0.05) is 43.5 Å². The highest BCUT2D eigenvalue weighted by Crippen LogP contribution is 2.49. The molecule has 1 aliphatic carbocycles. The van der Waals surface area contributed by atoms with Crippen LogP contribution >= 0.6 is 11.6 Å². The number of urea groups is 1. The lowest BCUT2D eigenvalue weighted by Crippen LogP contribution is -2.49. The number of fused-ring (bicyclic) bond motifs is 3. The van der Waals surface area contributed by atoms with Gasteiger partial charge in [-0.3, -0.25) is 4.90 Å². The molecule has 5 rings (SSSR count). The van der Waals surface area contributed by atoms with Crippen LogP contribution in [0.4, 0.5) is 15.3 Å². The smallest absolute Gasteiger partial charge is 0.410 e. The molecule has 1 N–H and O–H groups in total. The van der Waals surface area contributed by atoms with Gasteiger partial charge in [0.2, 0.25) is 0 Å². The second-order valence-corrected chi connectivity index (χ2v) is 11.4. The second-order valence-electron chi connectivity index (χ2n) is 11.0. The van der Waals surface area contributed by atoms with Gasteiger partial charge in [0.05, 0.1) is 0 Å². The maximum absolute atomic E-state index is 13.4. The van der Waals surface area contributed by atoms with E-state index < -0.39 is 5.60 Å². The molecule has 3 heterocycles. The standard InChI is InChI=1S/C27H33ClN4O3/c1-26(2,3)35-25(34)31-11-8-27(9-12-31)17-32(22-15-20-6-4-5-19(20)14-21(22)27)24(33)30-16-18-7-10-29-23(28)13-18/h7,10,13-15H,4-6,8-9,11-12,16-17H2,1-3H3,(H,30,33). The molecule has 7 nitrogen and oxygen atoms in total. The fourth-order valence-corrected chi connectivity index (χ4v) is 5.81. The number of aryl methyl sites for hydroxylation is 2. The molecule has 0 unspecified atom stereocenters. The van der Waals surface area contributed by atoms with Gasteiger partial charge in [0.1, 0.15) is 10.8 Å². The lowest BCUT2D eigenvalue weighted by molar-refractivity contribution is 0.0170. The van der Waals surface area contributed by atoms with Crippen LogP contribution in [-0.2, 0) is 29.5 Å². The molecule has 0 atom stereocenters. The van der Waals surface area contributed by atoms with Gasteiger partial charge < -0.3 is 15.0 Å². The first-order chi connectivity index (χ1) is 16.6. The second kappa shape index (κ2) is 9.01. The molecule has 2 aromatic rings. The number of pyridine rings is 1. The minimum Gasteiger partial charge on any atom is -0.444 e. The summed E-state index contributed by atoms with van der Waals surface area (Å²) in [6, 6.07) is 8.08. The summed E-state index contributed by atoms with van der Waals surface area (Å²) in [5, 5.41) is 3.48. The van der Waals surface area contributed by atoms with E-state index in [9.17, 15) is 9.59 Å². The molecule has 0 saturated carbocycles. The first-order valence-electron chi connectivity index (χ1n) is 12.4. The number of carbonyl (C=O) groups is 2. The van der Waals surface area contributed by atoms with Crippen molar-refractivity contribution < 1.29 is 14.3 Å². The van der Waals surface area contributed by atoms with Crippen molar-refractivity contribution in [2.45, 2.75) is 70.4 Å². The molecule has 0 bridgehead atoms. The first-order valence-corrected chi connectivity index (χ1v) is 12.8. The zero-order valence-electron chi connectivity index (χ0n) is 20.7. The SMILES string of the molecule is CC(C)(C)OC(=O)N1CCC2(CC1)CN(C(=O)NCc1ccnc(Cl)c1)c1cc3c(cc12)CCC3. The number of rotatable bonds is 2. The summed E-state index contributed by atoms with van der Waals surface area (Å²) in [6.07, 6.45) is 6.32. The Bertz CT molecular complexity index is 1150. The van der Waals surface area contributed by atoms with E-state index in [0.29, 0.717) is 31.3 Å². The average Bonchev–Trinajstić information content (AvgIpc) is 3.38. The normalized spacial score (nSPS) is 18.4. The van der Waals surface area contributed by atoms with Crippen molar-refractivity contribution in [3.8, 4) is 0 Å². The number of likely N-dealkylation sites (tertiary alicyclic amines) is 1. The Balaban J connectivity index is 1.36. The molecule has 1 aromatic carbocycles. The highest BCUT2D eigenvalue weighted by Gasteiger charge is 2.48. The summed E-state index contributed by atoms with van der Waals surface area (Å²) < 4.78 is 5.60. The van der Waals surface area contributed by atoms with Crippen molar-refractivity contribution in [3.05, 3.63) is 57.9 Å². The largest absolute Gasteiger partial charge is 0.444 e. The molecule has 1 saturated heterocycles. The van der Waals surface area contributed by atoms with Crippen molar-refractivity contribution in [2.75, 3.05) is 24.5 Å². The predicted molar refractivity (Wildman–Crippen MR) is 136 cm³/mol. The van der Waals surface area contributed by atoms with Crippen molar-refractivity contribution in [1.29, 1.82) is 0 Å². The fraction of sp³-hybridized carbons (Fsp3) is 0.519. The van der Waals surface area contributed by atoms with Crippen LogP contribution in [0.1, 0.15) is 62.3 Å². The number of carbonyl (C=O) groups excluding carboxylic acids is 2. The zero-order valence-corrected chi connectivity index (χ0v) is 21.5. The highest BCUT2D eigenvalue weighted by molar-refractivity contribution is 6.29.